The van der Waals surface area contributed by atoms with Crippen molar-refractivity contribution in [2.75, 3.05) is 0 Å². The van der Waals surface area contributed by atoms with Gasteiger partial charge in [0.15, 0.2) is 0 Å². The Labute approximate surface area is 57.2 Å². The van der Waals surface area contributed by atoms with Crippen molar-refractivity contribution in [1.82, 2.24) is 0 Å². The lowest BCUT2D eigenvalue weighted by Gasteiger charge is -1.91. The highest BCUT2D eigenvalue weighted by atomic mass is 32.2. The molecule has 0 aromatic heterocycles. The summed E-state index contributed by atoms with van der Waals surface area (Å²) in [6.07, 6.45) is 5.31. The molecule has 1 aliphatic rings. The second kappa shape index (κ2) is 2.31. The third kappa shape index (κ3) is 1.03. The van der Waals surface area contributed by atoms with E-state index in [0.717, 1.165) is 9.81 Å². The molecule has 1 unspecified atom stereocenters. The molecular weight excluding hydrogens is 132 g/mol. The lowest BCUT2D eigenvalue weighted by molar-refractivity contribution is 0.691. The van der Waals surface area contributed by atoms with Gasteiger partial charge >= 0.3 is 0 Å². The predicted octanol–water partition coefficient (Wildman–Crippen LogP) is 1.72. The highest BCUT2D eigenvalue weighted by molar-refractivity contribution is 7.93. The van der Waals surface area contributed by atoms with Crippen molar-refractivity contribution in [1.29, 1.82) is 0 Å². The van der Waals surface area contributed by atoms with Crippen LogP contribution in [0.5, 0.6) is 0 Å². The van der Waals surface area contributed by atoms with Gasteiger partial charge in [0.2, 0.25) is 0 Å². The van der Waals surface area contributed by atoms with Crippen LogP contribution in [0.2, 0.25) is 0 Å². The first kappa shape index (κ1) is 6.49. The topological polar surface area (TPSA) is 17.1 Å². The van der Waals surface area contributed by atoms with Gasteiger partial charge in [0, 0.05) is 9.81 Å². The Hall–Kier alpha value is -0.630. The van der Waals surface area contributed by atoms with Gasteiger partial charge in [-0.05, 0) is 19.1 Å². The van der Waals surface area contributed by atoms with Gasteiger partial charge in [-0.3, -0.25) is 0 Å². The maximum atomic E-state index is 11.0. The van der Waals surface area contributed by atoms with E-state index in [1.165, 1.54) is 0 Å². The van der Waals surface area contributed by atoms with Crippen LogP contribution in [0.1, 0.15) is 6.92 Å². The van der Waals surface area contributed by atoms with E-state index in [2.05, 4.69) is 6.58 Å². The SMILES string of the molecule is C=CC1=CC=C(C)S1=O. The summed E-state index contributed by atoms with van der Waals surface area (Å²) in [5, 5.41) is 0. The maximum absolute atomic E-state index is 11.0. The van der Waals surface area contributed by atoms with Gasteiger partial charge in [0.05, 0.1) is 10.8 Å². The molecule has 1 nitrogen and oxygen atoms in total. The smallest absolute Gasteiger partial charge is 0.0805 e. The molecule has 0 bridgehead atoms. The van der Waals surface area contributed by atoms with Gasteiger partial charge in [-0.1, -0.05) is 12.7 Å². The van der Waals surface area contributed by atoms with Gasteiger partial charge in [-0.2, -0.15) is 0 Å². The van der Waals surface area contributed by atoms with Crippen LogP contribution in [-0.2, 0) is 10.8 Å². The summed E-state index contributed by atoms with van der Waals surface area (Å²) in [7, 11) is -0.901. The fourth-order valence-corrected chi connectivity index (χ4v) is 1.56. The molecule has 0 aliphatic carbocycles. The van der Waals surface area contributed by atoms with Crippen LogP contribution in [0.15, 0.2) is 34.6 Å². The second-order valence-corrected chi connectivity index (χ2v) is 3.47. The van der Waals surface area contributed by atoms with Crippen LogP contribution < -0.4 is 0 Å². The van der Waals surface area contributed by atoms with E-state index in [-0.39, 0.29) is 0 Å². The first-order valence-electron chi connectivity index (χ1n) is 2.68. The fourth-order valence-electron chi connectivity index (χ4n) is 0.653. The van der Waals surface area contributed by atoms with E-state index < -0.39 is 10.8 Å². The molecule has 9 heavy (non-hydrogen) atoms. The Kier molecular flexibility index (Phi) is 1.67. The summed E-state index contributed by atoms with van der Waals surface area (Å²) in [4.78, 5) is 1.72. The fraction of sp³-hybridized carbons (Fsp3) is 0.143. The zero-order chi connectivity index (χ0) is 6.85. The highest BCUT2D eigenvalue weighted by Crippen LogP contribution is 2.18. The molecule has 0 saturated carbocycles. The Morgan fingerprint density at radius 2 is 2.33 bits per heavy atom. The van der Waals surface area contributed by atoms with E-state index in [1.54, 1.807) is 6.08 Å². The van der Waals surface area contributed by atoms with E-state index >= 15 is 0 Å². The van der Waals surface area contributed by atoms with E-state index in [9.17, 15) is 4.21 Å². The van der Waals surface area contributed by atoms with E-state index in [4.69, 9.17) is 0 Å². The third-order valence-electron chi connectivity index (χ3n) is 1.19. The quantitative estimate of drug-likeness (QED) is 0.542. The van der Waals surface area contributed by atoms with Crippen LogP contribution >= 0.6 is 0 Å². The first-order valence-corrected chi connectivity index (χ1v) is 3.83. The molecule has 1 atom stereocenters. The normalized spacial score (nSPS) is 25.2. The molecule has 0 saturated heterocycles. The minimum absolute atomic E-state index is 0.813. The van der Waals surface area contributed by atoms with Crippen LogP contribution in [0.4, 0.5) is 0 Å². The zero-order valence-corrected chi connectivity index (χ0v) is 6.07. The minimum atomic E-state index is -0.901. The number of hydrogen-bond donors (Lipinski definition) is 0. The predicted molar refractivity (Wildman–Crippen MR) is 40.2 cm³/mol. The maximum Gasteiger partial charge on any atom is 0.0805 e. The molecule has 0 aromatic carbocycles. The van der Waals surface area contributed by atoms with Gasteiger partial charge in [-0.25, -0.2) is 4.21 Å². The lowest BCUT2D eigenvalue weighted by Crippen LogP contribution is -1.86. The summed E-state index contributed by atoms with van der Waals surface area (Å²) in [6.45, 7) is 5.38. The largest absolute Gasteiger partial charge is 0.249 e. The molecule has 1 rings (SSSR count). The number of rotatable bonds is 1. The van der Waals surface area contributed by atoms with Gasteiger partial charge in [0.1, 0.15) is 0 Å². The zero-order valence-electron chi connectivity index (χ0n) is 5.26. The minimum Gasteiger partial charge on any atom is -0.249 e. The molecule has 2 heteroatoms. The third-order valence-corrected chi connectivity index (χ3v) is 2.64. The Bertz CT molecular complexity index is 223. The Morgan fingerprint density at radius 3 is 2.56 bits per heavy atom. The van der Waals surface area contributed by atoms with Crippen molar-refractivity contribution in [3.8, 4) is 0 Å². The van der Waals surface area contributed by atoms with Crippen molar-refractivity contribution in [2.24, 2.45) is 0 Å². The van der Waals surface area contributed by atoms with Crippen molar-refractivity contribution in [3.63, 3.8) is 0 Å². The van der Waals surface area contributed by atoms with E-state index in [0.29, 0.717) is 0 Å². The molecule has 0 aromatic rings. The molecular formula is C7H8OS. The summed E-state index contributed by atoms with van der Waals surface area (Å²) >= 11 is 0. The molecule has 0 amide bonds. The molecule has 0 radical (unpaired) electrons. The highest BCUT2D eigenvalue weighted by Gasteiger charge is 2.09. The van der Waals surface area contributed by atoms with Crippen LogP contribution in [0.3, 0.4) is 0 Å². The molecule has 1 heterocycles. The van der Waals surface area contributed by atoms with Crippen molar-refractivity contribution < 1.29 is 4.21 Å². The first-order chi connectivity index (χ1) is 4.25. The molecule has 0 N–H and O–H groups in total. The van der Waals surface area contributed by atoms with Crippen LogP contribution in [-0.4, -0.2) is 4.21 Å². The van der Waals surface area contributed by atoms with Crippen molar-refractivity contribution >= 4 is 10.8 Å². The van der Waals surface area contributed by atoms with Crippen molar-refractivity contribution in [3.05, 3.63) is 34.6 Å². The number of allylic oxidation sites excluding steroid dienone is 4. The van der Waals surface area contributed by atoms with Crippen LogP contribution in [0.25, 0.3) is 0 Å². The summed E-state index contributed by atoms with van der Waals surface area (Å²) < 4.78 is 11.0. The van der Waals surface area contributed by atoms with Gasteiger partial charge in [-0.15, -0.1) is 0 Å². The van der Waals surface area contributed by atoms with Gasteiger partial charge < -0.3 is 0 Å². The summed E-state index contributed by atoms with van der Waals surface area (Å²) in [6, 6.07) is 0. The average molecular weight is 140 g/mol. The van der Waals surface area contributed by atoms with Crippen molar-refractivity contribution in [2.45, 2.75) is 6.92 Å². The molecule has 1 aliphatic heterocycles. The summed E-state index contributed by atoms with van der Waals surface area (Å²) in [5.74, 6) is 0. The summed E-state index contributed by atoms with van der Waals surface area (Å²) in [5.41, 5.74) is 0. The molecule has 0 fully saturated rings. The second-order valence-electron chi connectivity index (χ2n) is 1.82. The number of hydrogen-bond acceptors (Lipinski definition) is 1. The molecule has 0 spiro atoms. The average Bonchev–Trinajstić information content (AvgIpc) is 2.15. The lowest BCUT2D eigenvalue weighted by atomic mass is 10.4. The Morgan fingerprint density at radius 1 is 1.67 bits per heavy atom. The van der Waals surface area contributed by atoms with Gasteiger partial charge in [0.25, 0.3) is 0 Å². The van der Waals surface area contributed by atoms with Crippen LogP contribution in [0, 0.1) is 0 Å². The molecule has 48 valence electrons. The van der Waals surface area contributed by atoms with E-state index in [1.807, 2.05) is 19.1 Å². The Balaban J connectivity index is 2.91. The monoisotopic (exact) mass is 140 g/mol. The standard InChI is InChI=1S/C7H8OS/c1-3-7-5-4-6(2)9(7)8/h3-5H,1H2,2H3.